The maximum atomic E-state index is 3.84. The van der Waals surface area contributed by atoms with E-state index in [9.17, 15) is 0 Å². The number of benzene rings is 2. The van der Waals surface area contributed by atoms with Crippen LogP contribution in [0.3, 0.4) is 0 Å². The lowest BCUT2D eigenvalue weighted by molar-refractivity contribution is 0.961. The molecule has 0 bridgehead atoms. The highest BCUT2D eigenvalue weighted by molar-refractivity contribution is 7.09. The van der Waals surface area contributed by atoms with Gasteiger partial charge in [-0.2, -0.15) is 0 Å². The van der Waals surface area contributed by atoms with Crippen LogP contribution in [0.15, 0.2) is 42.5 Å². The van der Waals surface area contributed by atoms with Crippen molar-refractivity contribution in [2.45, 2.75) is 0 Å². The number of nitrogens with zero attached hydrogens (tertiary/aromatic N) is 3. The van der Waals surface area contributed by atoms with Crippen LogP contribution in [-0.4, -0.2) is 14.8 Å². The largest absolute Gasteiger partial charge is 0.329 e. The van der Waals surface area contributed by atoms with E-state index in [2.05, 4.69) is 44.4 Å². The second-order valence-electron chi connectivity index (χ2n) is 3.35. The smallest absolute Gasteiger partial charge is 0.229 e. The fourth-order valence-corrected chi connectivity index (χ4v) is 1.96. The van der Waals surface area contributed by atoms with Gasteiger partial charge in [-0.1, -0.05) is 39.9 Å². The van der Waals surface area contributed by atoms with Gasteiger partial charge in [-0.05, 0) is 28.1 Å². The van der Waals surface area contributed by atoms with Crippen LogP contribution < -0.4 is 5.32 Å². The first-order valence-corrected chi connectivity index (χ1v) is 5.60. The van der Waals surface area contributed by atoms with Crippen molar-refractivity contribution in [2.24, 2.45) is 0 Å². The van der Waals surface area contributed by atoms with Gasteiger partial charge < -0.3 is 5.32 Å². The molecule has 4 nitrogen and oxygen atoms in total. The number of fused-ring (bicyclic) bond motifs is 1. The van der Waals surface area contributed by atoms with Gasteiger partial charge in [0, 0.05) is 17.2 Å². The van der Waals surface area contributed by atoms with Crippen LogP contribution >= 0.6 is 11.5 Å². The molecule has 0 saturated carbocycles. The maximum absolute atomic E-state index is 3.84. The summed E-state index contributed by atoms with van der Waals surface area (Å²) in [5, 5.41) is 13.7. The van der Waals surface area contributed by atoms with Crippen LogP contribution in [0.4, 0.5) is 10.8 Å². The van der Waals surface area contributed by atoms with E-state index in [0.29, 0.717) is 5.13 Å². The van der Waals surface area contributed by atoms with E-state index in [4.69, 9.17) is 0 Å². The number of rotatable bonds is 2. The quantitative estimate of drug-likeness (QED) is 0.732. The van der Waals surface area contributed by atoms with Crippen molar-refractivity contribution in [3.05, 3.63) is 42.5 Å². The highest BCUT2D eigenvalue weighted by Gasteiger charge is 1.99. The SMILES string of the molecule is c1ccc2cc(Nc3nnns3)ccc2c1. The summed E-state index contributed by atoms with van der Waals surface area (Å²) in [6, 6.07) is 14.4. The molecule has 0 spiro atoms. The first-order chi connectivity index (χ1) is 7.92. The van der Waals surface area contributed by atoms with E-state index in [1.807, 2.05) is 18.2 Å². The van der Waals surface area contributed by atoms with E-state index >= 15 is 0 Å². The van der Waals surface area contributed by atoms with Gasteiger partial charge in [0.1, 0.15) is 0 Å². The molecule has 0 fully saturated rings. The Bertz CT molecular complexity index is 606. The van der Waals surface area contributed by atoms with Crippen molar-refractivity contribution in [2.75, 3.05) is 5.32 Å². The molecule has 1 heterocycles. The monoisotopic (exact) mass is 228 g/mol. The molecule has 0 saturated heterocycles. The van der Waals surface area contributed by atoms with Crippen LogP contribution in [-0.2, 0) is 0 Å². The molecule has 2 aromatic carbocycles. The third-order valence-electron chi connectivity index (χ3n) is 2.30. The summed E-state index contributed by atoms with van der Waals surface area (Å²) in [4.78, 5) is 0. The molecule has 3 aromatic rings. The van der Waals surface area contributed by atoms with Crippen molar-refractivity contribution in [1.82, 2.24) is 14.8 Å². The van der Waals surface area contributed by atoms with Gasteiger partial charge in [0.05, 0.1) is 0 Å². The van der Waals surface area contributed by atoms with Crippen LogP contribution in [0.1, 0.15) is 0 Å². The molecule has 0 aliphatic rings. The molecule has 0 atom stereocenters. The molecular weight excluding hydrogens is 220 g/mol. The number of nitrogens with one attached hydrogen (secondary N) is 1. The molecular formula is C11H8N4S. The average molecular weight is 228 g/mol. The molecule has 0 radical (unpaired) electrons. The molecule has 16 heavy (non-hydrogen) atoms. The Balaban J connectivity index is 1.99. The van der Waals surface area contributed by atoms with Gasteiger partial charge in [-0.15, -0.1) is 0 Å². The zero-order chi connectivity index (χ0) is 10.8. The van der Waals surface area contributed by atoms with E-state index in [-0.39, 0.29) is 0 Å². The molecule has 0 aliphatic carbocycles. The minimum absolute atomic E-state index is 0.704. The fraction of sp³-hybridized carbons (Fsp3) is 0. The van der Waals surface area contributed by atoms with E-state index in [0.717, 1.165) is 5.69 Å². The van der Waals surface area contributed by atoms with Crippen molar-refractivity contribution >= 4 is 33.1 Å². The van der Waals surface area contributed by atoms with Gasteiger partial charge >= 0.3 is 0 Å². The second kappa shape index (κ2) is 3.86. The molecule has 1 aromatic heterocycles. The Kier molecular flexibility index (Phi) is 2.23. The van der Waals surface area contributed by atoms with Crippen molar-refractivity contribution in [3.8, 4) is 0 Å². The summed E-state index contributed by atoms with van der Waals surface area (Å²) in [5.74, 6) is 0. The normalized spacial score (nSPS) is 10.5. The molecule has 1 N–H and O–H groups in total. The first-order valence-electron chi connectivity index (χ1n) is 4.83. The lowest BCUT2D eigenvalue weighted by Crippen LogP contribution is -1.89. The molecule has 5 heteroatoms. The van der Waals surface area contributed by atoms with E-state index < -0.39 is 0 Å². The third kappa shape index (κ3) is 1.72. The topological polar surface area (TPSA) is 50.7 Å². The van der Waals surface area contributed by atoms with Gasteiger partial charge in [0.15, 0.2) is 0 Å². The van der Waals surface area contributed by atoms with E-state index in [1.165, 1.54) is 22.3 Å². The molecule has 0 unspecified atom stereocenters. The minimum Gasteiger partial charge on any atom is -0.329 e. The van der Waals surface area contributed by atoms with Crippen LogP contribution in [0.2, 0.25) is 0 Å². The zero-order valence-electron chi connectivity index (χ0n) is 8.29. The van der Waals surface area contributed by atoms with Crippen LogP contribution in [0, 0.1) is 0 Å². The summed E-state index contributed by atoms with van der Waals surface area (Å²) in [6.45, 7) is 0. The number of anilines is 2. The Labute approximate surface area is 96.1 Å². The summed E-state index contributed by atoms with van der Waals surface area (Å²) >= 11 is 1.24. The zero-order valence-corrected chi connectivity index (χ0v) is 9.11. The van der Waals surface area contributed by atoms with Crippen LogP contribution in [0.5, 0.6) is 0 Å². The van der Waals surface area contributed by atoms with E-state index in [1.54, 1.807) is 0 Å². The van der Waals surface area contributed by atoms with Gasteiger partial charge in [-0.3, -0.25) is 0 Å². The molecule has 0 amide bonds. The fourth-order valence-electron chi connectivity index (χ4n) is 1.57. The Hall–Kier alpha value is -2.01. The lowest BCUT2D eigenvalue weighted by atomic mass is 10.1. The number of hydrogen-bond donors (Lipinski definition) is 1. The summed E-state index contributed by atoms with van der Waals surface area (Å²) in [6.07, 6.45) is 0. The summed E-state index contributed by atoms with van der Waals surface area (Å²) in [7, 11) is 0. The van der Waals surface area contributed by atoms with Crippen molar-refractivity contribution < 1.29 is 0 Å². The second-order valence-corrected chi connectivity index (χ2v) is 4.09. The van der Waals surface area contributed by atoms with Crippen LogP contribution in [0.25, 0.3) is 10.8 Å². The average Bonchev–Trinajstić information content (AvgIpc) is 2.82. The number of hydrogen-bond acceptors (Lipinski definition) is 5. The van der Waals surface area contributed by atoms with Gasteiger partial charge in [-0.25, -0.2) is 0 Å². The van der Waals surface area contributed by atoms with Gasteiger partial charge in [0.25, 0.3) is 0 Å². The lowest BCUT2D eigenvalue weighted by Gasteiger charge is -2.03. The van der Waals surface area contributed by atoms with Crippen molar-refractivity contribution in [3.63, 3.8) is 0 Å². The predicted octanol–water partition coefficient (Wildman–Crippen LogP) is 2.83. The molecule has 0 aliphatic heterocycles. The number of aromatic nitrogens is 3. The maximum Gasteiger partial charge on any atom is 0.229 e. The summed E-state index contributed by atoms with van der Waals surface area (Å²) < 4.78 is 3.70. The first kappa shape index (κ1) is 9.23. The Morgan fingerprint density at radius 1 is 1.00 bits per heavy atom. The predicted molar refractivity (Wildman–Crippen MR) is 64.9 cm³/mol. The Morgan fingerprint density at radius 3 is 2.69 bits per heavy atom. The summed E-state index contributed by atoms with van der Waals surface area (Å²) in [5.41, 5.74) is 0.997. The molecule has 78 valence electrons. The highest BCUT2D eigenvalue weighted by atomic mass is 32.1. The Morgan fingerprint density at radius 2 is 1.88 bits per heavy atom. The standard InChI is InChI=1S/C11H8N4S/c1-2-4-9-7-10(6-5-8(9)3-1)12-11-13-14-15-16-11/h1-7H,(H,12,13,15). The highest BCUT2D eigenvalue weighted by Crippen LogP contribution is 2.21. The third-order valence-corrected chi connectivity index (χ3v) is 2.81. The minimum atomic E-state index is 0.704. The molecule has 3 rings (SSSR count). The van der Waals surface area contributed by atoms with Gasteiger partial charge in [0.2, 0.25) is 5.13 Å². The van der Waals surface area contributed by atoms with Crippen molar-refractivity contribution in [1.29, 1.82) is 0 Å².